The minimum atomic E-state index is -6.35. The predicted molar refractivity (Wildman–Crippen MR) is 138 cm³/mol. The molecule has 2 amide bonds. The van der Waals surface area contributed by atoms with Crippen LogP contribution in [0, 0.1) is 5.82 Å². The number of anilines is 2. The predicted octanol–water partition coefficient (Wildman–Crippen LogP) is 8.54. The lowest BCUT2D eigenvalue weighted by Gasteiger charge is -2.31. The van der Waals surface area contributed by atoms with Crippen LogP contribution < -0.4 is 10.2 Å². The smallest absolute Gasteiger partial charge is 0.320 e. The first-order valence-electron chi connectivity index (χ1n) is 10.6. The molecule has 0 saturated heterocycles. The van der Waals surface area contributed by atoms with E-state index in [0.717, 1.165) is 11.0 Å². The van der Waals surface area contributed by atoms with Gasteiger partial charge in [0.1, 0.15) is 0 Å². The summed E-state index contributed by atoms with van der Waals surface area (Å²) in [6.07, 6.45) is -6.95. The number of carbonyl (C=O) groups is 2. The summed E-state index contributed by atoms with van der Waals surface area (Å²) < 4.78 is 108. The van der Waals surface area contributed by atoms with Gasteiger partial charge in [-0.05, 0) is 63.0 Å². The molecule has 0 aliphatic heterocycles. The van der Waals surface area contributed by atoms with Crippen LogP contribution in [0.25, 0.3) is 0 Å². The van der Waals surface area contributed by atoms with Gasteiger partial charge < -0.3 is 10.2 Å². The second-order valence-electron chi connectivity index (χ2n) is 7.78. The number of hydrogen-bond donors (Lipinski definition) is 1. The molecule has 0 atom stereocenters. The SMILES string of the molecule is C=C/C=C(\C=C/C)C(=O)N(C)c1cccc(C(=O)Nc2c(Br)cc(C(F)(C(F)(F)F)C(F)(F)F)cc2Br)c1F. The molecule has 4 nitrogen and oxygen atoms in total. The van der Waals surface area contributed by atoms with Crippen LogP contribution >= 0.6 is 31.9 Å². The highest BCUT2D eigenvalue weighted by Crippen LogP contribution is 2.54. The summed E-state index contributed by atoms with van der Waals surface area (Å²) in [7, 11) is 1.25. The average molecular weight is 690 g/mol. The highest BCUT2D eigenvalue weighted by atomic mass is 79.9. The minimum absolute atomic E-state index is 0.152. The largest absolute Gasteiger partial charge is 0.435 e. The number of benzene rings is 2. The molecule has 14 heteroatoms. The van der Waals surface area contributed by atoms with E-state index in [9.17, 15) is 40.3 Å². The van der Waals surface area contributed by atoms with Crippen LogP contribution in [0.5, 0.6) is 0 Å². The summed E-state index contributed by atoms with van der Waals surface area (Å²) >= 11 is 5.46. The third-order valence-corrected chi connectivity index (χ3v) is 6.49. The molecule has 1 N–H and O–H groups in total. The first-order valence-corrected chi connectivity index (χ1v) is 12.2. The standard InChI is InChI=1S/C25H18Br2F8N2O2/c1-4-7-13(8-5-2)22(39)37(3)18-10-6-9-15(19(18)28)21(38)36-20-16(26)11-14(12-17(20)27)23(29,24(30,31)32)25(33,34)35/h4-12H,1H2,2-3H3,(H,36,38)/b8-5-,13-7+. The zero-order chi connectivity index (χ0) is 29.9. The Morgan fingerprint density at radius 3 is 2.00 bits per heavy atom. The van der Waals surface area contributed by atoms with E-state index in [2.05, 4.69) is 43.8 Å². The number of alkyl halides is 7. The van der Waals surface area contributed by atoms with Crippen molar-refractivity contribution in [3.05, 3.63) is 92.7 Å². The maximum Gasteiger partial charge on any atom is 0.435 e. The van der Waals surface area contributed by atoms with Crippen molar-refractivity contribution in [1.29, 1.82) is 0 Å². The Bertz CT molecular complexity index is 1310. The molecule has 0 heterocycles. The van der Waals surface area contributed by atoms with Crippen LogP contribution in [0.15, 0.2) is 75.7 Å². The van der Waals surface area contributed by atoms with E-state index in [1.165, 1.54) is 37.4 Å². The minimum Gasteiger partial charge on any atom is -0.320 e. The molecule has 0 radical (unpaired) electrons. The number of nitrogens with one attached hydrogen (secondary N) is 1. The highest BCUT2D eigenvalue weighted by Gasteiger charge is 2.73. The quantitative estimate of drug-likeness (QED) is 0.180. The Morgan fingerprint density at radius 1 is 1.00 bits per heavy atom. The molecule has 2 rings (SSSR count). The lowest BCUT2D eigenvalue weighted by Crippen LogP contribution is -2.50. The summed E-state index contributed by atoms with van der Waals surface area (Å²) in [4.78, 5) is 26.6. The van der Waals surface area contributed by atoms with Crippen molar-refractivity contribution in [2.45, 2.75) is 24.9 Å². The first-order chi connectivity index (χ1) is 17.9. The monoisotopic (exact) mass is 688 g/mol. The third-order valence-electron chi connectivity index (χ3n) is 5.24. The Kier molecular flexibility index (Phi) is 9.93. The van der Waals surface area contributed by atoms with E-state index in [1.807, 2.05) is 0 Å². The van der Waals surface area contributed by atoms with Gasteiger partial charge in [0.05, 0.1) is 16.9 Å². The van der Waals surface area contributed by atoms with Gasteiger partial charge in [-0.3, -0.25) is 9.59 Å². The normalized spacial score (nSPS) is 13.0. The maximum atomic E-state index is 15.3. The van der Waals surface area contributed by atoms with Gasteiger partial charge >= 0.3 is 18.0 Å². The molecule has 39 heavy (non-hydrogen) atoms. The van der Waals surface area contributed by atoms with Gasteiger partial charge in [0.25, 0.3) is 11.8 Å². The molecule has 0 fully saturated rings. The van der Waals surface area contributed by atoms with E-state index < -0.39 is 61.4 Å². The van der Waals surface area contributed by atoms with Crippen molar-refractivity contribution >= 4 is 55.0 Å². The molecule has 0 spiro atoms. The van der Waals surface area contributed by atoms with Crippen molar-refractivity contribution in [3.63, 3.8) is 0 Å². The van der Waals surface area contributed by atoms with Crippen LogP contribution in [-0.2, 0) is 10.5 Å². The second kappa shape index (κ2) is 12.0. The molecule has 2 aromatic carbocycles. The van der Waals surface area contributed by atoms with E-state index in [1.54, 1.807) is 13.0 Å². The molecular weight excluding hydrogens is 672 g/mol. The number of rotatable bonds is 7. The van der Waals surface area contributed by atoms with Crippen molar-refractivity contribution in [2.24, 2.45) is 0 Å². The number of allylic oxidation sites excluding steroid dienone is 3. The maximum absolute atomic E-state index is 15.3. The van der Waals surface area contributed by atoms with Crippen molar-refractivity contribution in [2.75, 3.05) is 17.3 Å². The Morgan fingerprint density at radius 2 is 1.54 bits per heavy atom. The summed E-state index contributed by atoms with van der Waals surface area (Å²) in [5, 5.41) is 2.15. The summed E-state index contributed by atoms with van der Waals surface area (Å²) in [6.45, 7) is 5.15. The lowest BCUT2D eigenvalue weighted by atomic mass is 9.94. The topological polar surface area (TPSA) is 49.4 Å². The second-order valence-corrected chi connectivity index (χ2v) is 9.49. The van der Waals surface area contributed by atoms with E-state index in [0.29, 0.717) is 0 Å². The highest BCUT2D eigenvalue weighted by molar-refractivity contribution is 9.11. The van der Waals surface area contributed by atoms with E-state index in [-0.39, 0.29) is 23.4 Å². The first kappa shape index (κ1) is 32.2. The van der Waals surface area contributed by atoms with Gasteiger partial charge in [-0.15, -0.1) is 0 Å². The zero-order valence-corrected chi connectivity index (χ0v) is 23.1. The Balaban J connectivity index is 2.49. The molecule has 0 aliphatic rings. The van der Waals surface area contributed by atoms with E-state index in [4.69, 9.17) is 0 Å². The summed E-state index contributed by atoms with van der Waals surface area (Å²) in [5.74, 6) is -2.96. The van der Waals surface area contributed by atoms with Crippen LogP contribution in [0.3, 0.4) is 0 Å². The molecule has 0 bridgehead atoms. The number of hydrogen-bond acceptors (Lipinski definition) is 2. The van der Waals surface area contributed by atoms with Gasteiger partial charge in [-0.25, -0.2) is 8.78 Å². The summed E-state index contributed by atoms with van der Waals surface area (Å²) in [5.41, 5.74) is -8.69. The number of carbonyl (C=O) groups excluding carboxylic acids is 2. The van der Waals surface area contributed by atoms with Gasteiger partial charge in [-0.1, -0.05) is 36.9 Å². The number of halogens is 10. The van der Waals surface area contributed by atoms with Gasteiger partial charge in [0.15, 0.2) is 5.82 Å². The average Bonchev–Trinajstić information content (AvgIpc) is 2.83. The van der Waals surface area contributed by atoms with Crippen LogP contribution in [0.4, 0.5) is 46.5 Å². The Labute approximate surface area is 234 Å². The number of likely N-dealkylation sites (N-methyl/N-ethyl adjacent to an activating group) is 1. The zero-order valence-electron chi connectivity index (χ0n) is 19.9. The fourth-order valence-corrected chi connectivity index (χ4v) is 4.71. The van der Waals surface area contributed by atoms with Crippen LogP contribution in [0.1, 0.15) is 22.8 Å². The Hall–Kier alpha value is -3.00. The molecule has 0 unspecified atom stereocenters. The number of amides is 2. The van der Waals surface area contributed by atoms with Gasteiger partial charge in [0.2, 0.25) is 0 Å². The molecular formula is C25H18Br2F8N2O2. The van der Waals surface area contributed by atoms with Crippen molar-refractivity contribution in [3.8, 4) is 0 Å². The molecule has 0 aliphatic carbocycles. The lowest BCUT2D eigenvalue weighted by molar-refractivity contribution is -0.348. The molecule has 2 aromatic rings. The third kappa shape index (κ3) is 6.43. The van der Waals surface area contributed by atoms with E-state index >= 15 is 4.39 Å². The number of nitrogens with zero attached hydrogens (tertiary/aromatic N) is 1. The molecule has 0 aromatic heterocycles. The van der Waals surface area contributed by atoms with Crippen molar-refractivity contribution < 1.29 is 44.7 Å². The van der Waals surface area contributed by atoms with Gasteiger partial charge in [-0.2, -0.15) is 26.3 Å². The fourth-order valence-electron chi connectivity index (χ4n) is 3.32. The summed E-state index contributed by atoms with van der Waals surface area (Å²) in [6, 6.07) is 3.90. The fraction of sp³-hybridized carbons (Fsp3) is 0.200. The van der Waals surface area contributed by atoms with Crippen LogP contribution in [0.2, 0.25) is 0 Å². The van der Waals surface area contributed by atoms with Crippen LogP contribution in [-0.4, -0.2) is 31.2 Å². The van der Waals surface area contributed by atoms with Gasteiger partial charge in [0, 0.05) is 27.1 Å². The molecule has 0 saturated carbocycles. The molecule has 210 valence electrons. The van der Waals surface area contributed by atoms with Crippen molar-refractivity contribution in [1.82, 2.24) is 0 Å².